The average Bonchev–Trinajstić information content (AvgIpc) is 2.64. The lowest BCUT2D eigenvalue weighted by atomic mass is 10.0. The number of carbonyl (C=O) groups excluding carboxylic acids is 2. The molecule has 5 nitrogen and oxygen atoms in total. The van der Waals surface area contributed by atoms with Gasteiger partial charge in [-0.15, -0.1) is 0 Å². The quantitative estimate of drug-likeness (QED) is 0.698. The van der Waals surface area contributed by atoms with E-state index in [0.717, 1.165) is 11.1 Å². The average molecular weight is 383 g/mol. The fraction of sp³-hybridized carbons (Fsp3) is 0.391. The van der Waals surface area contributed by atoms with E-state index < -0.39 is 6.10 Å². The number of hydrogen-bond donors (Lipinski definition) is 2. The van der Waals surface area contributed by atoms with Crippen LogP contribution in [-0.4, -0.2) is 17.9 Å². The summed E-state index contributed by atoms with van der Waals surface area (Å²) < 4.78 is 5.82. The van der Waals surface area contributed by atoms with Gasteiger partial charge in [0, 0.05) is 17.3 Å². The molecule has 2 amide bonds. The lowest BCUT2D eigenvalue weighted by molar-refractivity contribution is -0.122. The third-order valence-corrected chi connectivity index (χ3v) is 4.49. The van der Waals surface area contributed by atoms with Gasteiger partial charge in [0.1, 0.15) is 5.75 Å². The predicted octanol–water partition coefficient (Wildman–Crippen LogP) is 5.12. The second kappa shape index (κ2) is 9.40. The highest BCUT2D eigenvalue weighted by Crippen LogP contribution is 2.23. The van der Waals surface area contributed by atoms with E-state index in [-0.39, 0.29) is 17.7 Å². The maximum absolute atomic E-state index is 12.6. The molecule has 0 aliphatic heterocycles. The van der Waals surface area contributed by atoms with Gasteiger partial charge in [-0.1, -0.05) is 45.9 Å². The number of nitrogens with one attached hydrogen (secondary N) is 2. The summed E-state index contributed by atoms with van der Waals surface area (Å²) in [5.41, 5.74) is 3.37. The van der Waals surface area contributed by atoms with Gasteiger partial charge < -0.3 is 15.4 Å². The van der Waals surface area contributed by atoms with Crippen molar-refractivity contribution in [1.82, 2.24) is 0 Å². The summed E-state index contributed by atoms with van der Waals surface area (Å²) in [6.45, 7) is 11.5. The molecule has 5 heteroatoms. The molecule has 0 radical (unpaired) electrons. The monoisotopic (exact) mass is 382 g/mol. The number of anilines is 2. The molecule has 150 valence electrons. The van der Waals surface area contributed by atoms with Gasteiger partial charge in [0.05, 0.1) is 0 Å². The van der Waals surface area contributed by atoms with Crippen LogP contribution in [0.2, 0.25) is 0 Å². The molecule has 2 aromatic rings. The van der Waals surface area contributed by atoms with Crippen LogP contribution in [0.4, 0.5) is 11.4 Å². The van der Waals surface area contributed by atoms with E-state index in [1.807, 2.05) is 57.2 Å². The summed E-state index contributed by atoms with van der Waals surface area (Å²) in [5.74, 6) is 0.630. The van der Waals surface area contributed by atoms with Crippen molar-refractivity contribution >= 4 is 23.2 Å². The first-order valence-corrected chi connectivity index (χ1v) is 9.66. The number of hydrogen-bond acceptors (Lipinski definition) is 3. The van der Waals surface area contributed by atoms with Gasteiger partial charge in [-0.2, -0.15) is 0 Å². The molecule has 28 heavy (non-hydrogen) atoms. The SMILES string of the molecule is Cc1ccc(NC(=O)C(C)C)cc1NC(=O)C(C)Oc1cccc(C(C)C)c1. The molecule has 2 rings (SSSR count). The minimum Gasteiger partial charge on any atom is -0.481 e. The number of carbonyl (C=O) groups is 2. The Morgan fingerprint density at radius 1 is 0.893 bits per heavy atom. The predicted molar refractivity (Wildman–Crippen MR) is 114 cm³/mol. The van der Waals surface area contributed by atoms with E-state index in [9.17, 15) is 9.59 Å². The third-order valence-electron chi connectivity index (χ3n) is 4.49. The zero-order valence-electron chi connectivity index (χ0n) is 17.5. The molecule has 0 spiro atoms. The molecule has 0 aliphatic carbocycles. The molecule has 1 atom stereocenters. The largest absolute Gasteiger partial charge is 0.481 e. The number of amides is 2. The van der Waals surface area contributed by atoms with E-state index in [0.29, 0.717) is 23.0 Å². The van der Waals surface area contributed by atoms with E-state index in [1.165, 1.54) is 0 Å². The first-order chi connectivity index (χ1) is 13.2. The van der Waals surface area contributed by atoms with E-state index in [4.69, 9.17) is 4.74 Å². The molecular formula is C23H30N2O3. The Bertz CT molecular complexity index is 843. The van der Waals surface area contributed by atoms with Crippen molar-refractivity contribution in [3.8, 4) is 5.75 Å². The van der Waals surface area contributed by atoms with Gasteiger partial charge in [-0.05, 0) is 55.2 Å². The Morgan fingerprint density at radius 2 is 1.61 bits per heavy atom. The molecule has 2 aromatic carbocycles. The summed E-state index contributed by atoms with van der Waals surface area (Å²) in [6, 6.07) is 13.2. The van der Waals surface area contributed by atoms with Gasteiger partial charge >= 0.3 is 0 Å². The lowest BCUT2D eigenvalue weighted by Gasteiger charge is -2.17. The standard InChI is InChI=1S/C23H30N2O3/c1-14(2)18-8-7-9-20(12-18)28-17(6)23(27)25-21-13-19(11-10-16(21)5)24-22(26)15(3)4/h7-15,17H,1-6H3,(H,24,26)(H,25,27). The fourth-order valence-corrected chi connectivity index (χ4v) is 2.56. The molecule has 0 saturated carbocycles. The highest BCUT2D eigenvalue weighted by atomic mass is 16.5. The van der Waals surface area contributed by atoms with Crippen molar-refractivity contribution in [2.45, 2.75) is 53.6 Å². The van der Waals surface area contributed by atoms with Crippen LogP contribution in [0.3, 0.4) is 0 Å². The molecule has 0 fully saturated rings. The van der Waals surface area contributed by atoms with E-state index >= 15 is 0 Å². The number of ether oxygens (including phenoxy) is 1. The zero-order chi connectivity index (χ0) is 20.8. The van der Waals surface area contributed by atoms with Crippen LogP contribution in [0.25, 0.3) is 0 Å². The van der Waals surface area contributed by atoms with Crippen LogP contribution in [0, 0.1) is 12.8 Å². The Morgan fingerprint density at radius 3 is 2.25 bits per heavy atom. The molecule has 0 aliphatic rings. The van der Waals surface area contributed by atoms with Gasteiger partial charge in [0.25, 0.3) is 5.91 Å². The normalized spacial score (nSPS) is 12.0. The number of rotatable bonds is 7. The highest BCUT2D eigenvalue weighted by Gasteiger charge is 2.17. The van der Waals surface area contributed by atoms with Crippen molar-refractivity contribution in [2.75, 3.05) is 10.6 Å². The van der Waals surface area contributed by atoms with Crippen molar-refractivity contribution in [3.05, 3.63) is 53.6 Å². The maximum atomic E-state index is 12.6. The van der Waals surface area contributed by atoms with Crippen molar-refractivity contribution in [2.24, 2.45) is 5.92 Å². The van der Waals surface area contributed by atoms with Gasteiger partial charge in [0.15, 0.2) is 6.10 Å². The van der Waals surface area contributed by atoms with Gasteiger partial charge in [-0.25, -0.2) is 0 Å². The zero-order valence-corrected chi connectivity index (χ0v) is 17.5. The first kappa shape index (κ1) is 21.5. The van der Waals surface area contributed by atoms with Crippen LogP contribution >= 0.6 is 0 Å². The second-order valence-electron chi connectivity index (χ2n) is 7.65. The number of benzene rings is 2. The Hall–Kier alpha value is -2.82. The minimum atomic E-state index is -0.657. The van der Waals surface area contributed by atoms with Crippen LogP contribution in [-0.2, 0) is 9.59 Å². The smallest absolute Gasteiger partial charge is 0.265 e. The summed E-state index contributed by atoms with van der Waals surface area (Å²) in [5, 5.41) is 5.74. The van der Waals surface area contributed by atoms with Gasteiger partial charge in [-0.3, -0.25) is 9.59 Å². The van der Waals surface area contributed by atoms with Crippen molar-refractivity contribution in [3.63, 3.8) is 0 Å². The van der Waals surface area contributed by atoms with E-state index in [1.54, 1.807) is 13.0 Å². The molecule has 0 bridgehead atoms. The Labute approximate surface area is 167 Å². The molecule has 0 saturated heterocycles. The van der Waals surface area contributed by atoms with Crippen LogP contribution in [0.15, 0.2) is 42.5 Å². The third kappa shape index (κ3) is 5.84. The lowest BCUT2D eigenvalue weighted by Crippen LogP contribution is -2.30. The summed E-state index contributed by atoms with van der Waals surface area (Å²) in [4.78, 5) is 24.5. The fourth-order valence-electron chi connectivity index (χ4n) is 2.56. The van der Waals surface area contributed by atoms with Crippen molar-refractivity contribution < 1.29 is 14.3 Å². The Balaban J connectivity index is 2.07. The topological polar surface area (TPSA) is 67.4 Å². The highest BCUT2D eigenvalue weighted by molar-refractivity contribution is 5.97. The van der Waals surface area contributed by atoms with E-state index in [2.05, 4.69) is 24.5 Å². The minimum absolute atomic E-state index is 0.0668. The molecular weight excluding hydrogens is 352 g/mol. The Kier molecular flexibility index (Phi) is 7.21. The maximum Gasteiger partial charge on any atom is 0.265 e. The van der Waals surface area contributed by atoms with Crippen LogP contribution < -0.4 is 15.4 Å². The van der Waals surface area contributed by atoms with Crippen LogP contribution in [0.5, 0.6) is 5.75 Å². The summed E-state index contributed by atoms with van der Waals surface area (Å²) in [6.07, 6.45) is -0.657. The second-order valence-corrected chi connectivity index (χ2v) is 7.65. The molecule has 2 N–H and O–H groups in total. The first-order valence-electron chi connectivity index (χ1n) is 9.66. The molecule has 1 unspecified atom stereocenters. The van der Waals surface area contributed by atoms with Gasteiger partial charge in [0.2, 0.25) is 5.91 Å². The summed E-state index contributed by atoms with van der Waals surface area (Å²) in [7, 11) is 0. The molecule has 0 aromatic heterocycles. The van der Waals surface area contributed by atoms with Crippen LogP contribution in [0.1, 0.15) is 51.7 Å². The number of aryl methyl sites for hydroxylation is 1. The van der Waals surface area contributed by atoms with Crippen molar-refractivity contribution in [1.29, 1.82) is 0 Å². The summed E-state index contributed by atoms with van der Waals surface area (Å²) >= 11 is 0. The molecule has 0 heterocycles.